The second-order valence-electron chi connectivity index (χ2n) is 6.15. The summed E-state index contributed by atoms with van der Waals surface area (Å²) in [6, 6.07) is 13.3. The molecule has 3 aromatic rings. The molecule has 0 bridgehead atoms. The highest BCUT2D eigenvalue weighted by molar-refractivity contribution is 5.31. The molecule has 0 aliphatic carbocycles. The first-order valence-corrected chi connectivity index (χ1v) is 8.51. The van der Waals surface area contributed by atoms with E-state index < -0.39 is 6.10 Å². The Hall–Kier alpha value is -2.57. The zero-order valence-corrected chi connectivity index (χ0v) is 13.8. The van der Waals surface area contributed by atoms with Crippen LogP contribution in [0.25, 0.3) is 5.69 Å². The van der Waals surface area contributed by atoms with Crippen LogP contribution in [0.1, 0.15) is 42.1 Å². The number of ether oxygens (including phenoxy) is 1. The molecule has 1 aromatic carbocycles. The normalized spacial score (nSPS) is 16.7. The average molecular weight is 336 g/mol. The summed E-state index contributed by atoms with van der Waals surface area (Å²) in [6.45, 7) is 1.45. The maximum atomic E-state index is 10.9. The Bertz CT molecular complexity index is 814. The van der Waals surface area contributed by atoms with Crippen LogP contribution in [0, 0.1) is 0 Å². The van der Waals surface area contributed by atoms with E-state index in [1.165, 1.54) is 0 Å². The van der Waals surface area contributed by atoms with Gasteiger partial charge in [-0.25, -0.2) is 9.67 Å². The van der Waals surface area contributed by atoms with Gasteiger partial charge in [0, 0.05) is 25.3 Å². The lowest BCUT2D eigenvalue weighted by Gasteiger charge is -2.18. The molecule has 1 aliphatic heterocycles. The van der Waals surface area contributed by atoms with Crippen molar-refractivity contribution in [3.05, 3.63) is 72.1 Å². The lowest BCUT2D eigenvalue weighted by molar-refractivity contribution is 0.0835. The smallest absolute Gasteiger partial charge is 0.165 e. The Morgan fingerprint density at radius 2 is 1.88 bits per heavy atom. The molecule has 0 unspecified atom stereocenters. The van der Waals surface area contributed by atoms with Gasteiger partial charge in [0.15, 0.2) is 11.6 Å². The third-order valence-corrected chi connectivity index (χ3v) is 4.49. The van der Waals surface area contributed by atoms with Crippen molar-refractivity contribution in [2.24, 2.45) is 0 Å². The van der Waals surface area contributed by atoms with Crippen LogP contribution in [0.5, 0.6) is 0 Å². The zero-order valence-electron chi connectivity index (χ0n) is 13.8. The first-order valence-electron chi connectivity index (χ1n) is 8.51. The molecule has 0 saturated carbocycles. The number of aliphatic hydroxyl groups is 1. The summed E-state index contributed by atoms with van der Waals surface area (Å²) in [4.78, 5) is 8.87. The van der Waals surface area contributed by atoms with Gasteiger partial charge in [-0.2, -0.15) is 5.10 Å². The molecule has 6 nitrogen and oxygen atoms in total. The summed E-state index contributed by atoms with van der Waals surface area (Å²) in [5.41, 5.74) is 1.58. The number of hydrogen-bond donors (Lipinski definition) is 1. The summed E-state index contributed by atoms with van der Waals surface area (Å²) >= 11 is 0. The summed E-state index contributed by atoms with van der Waals surface area (Å²) < 4.78 is 7.14. The molecule has 128 valence electrons. The van der Waals surface area contributed by atoms with Crippen LogP contribution < -0.4 is 0 Å². The lowest BCUT2D eigenvalue weighted by atomic mass is 10.00. The van der Waals surface area contributed by atoms with Crippen LogP contribution in [-0.4, -0.2) is 38.1 Å². The third-order valence-electron chi connectivity index (χ3n) is 4.49. The number of aromatic nitrogens is 4. The predicted molar refractivity (Wildman–Crippen MR) is 92.5 cm³/mol. The molecular weight excluding hydrogens is 316 g/mol. The van der Waals surface area contributed by atoms with Gasteiger partial charge in [0.05, 0.1) is 11.9 Å². The van der Waals surface area contributed by atoms with Crippen molar-refractivity contribution in [2.75, 3.05) is 13.2 Å². The fourth-order valence-corrected chi connectivity index (χ4v) is 3.10. The van der Waals surface area contributed by atoms with Crippen molar-refractivity contribution in [1.82, 2.24) is 19.7 Å². The topological polar surface area (TPSA) is 73.1 Å². The molecule has 3 heterocycles. The predicted octanol–water partition coefficient (Wildman–Crippen LogP) is 2.64. The molecule has 25 heavy (non-hydrogen) atoms. The Balaban J connectivity index is 1.76. The Morgan fingerprint density at radius 3 is 2.60 bits per heavy atom. The molecule has 4 rings (SSSR count). The van der Waals surface area contributed by atoms with Gasteiger partial charge in [0.2, 0.25) is 0 Å². The number of aliphatic hydroxyl groups excluding tert-OH is 1. The zero-order chi connectivity index (χ0) is 17.1. The Morgan fingerprint density at radius 1 is 1.08 bits per heavy atom. The first-order chi connectivity index (χ1) is 12.3. The van der Waals surface area contributed by atoms with Crippen LogP contribution in [-0.2, 0) is 4.74 Å². The molecule has 1 aliphatic rings. The minimum Gasteiger partial charge on any atom is -0.381 e. The molecule has 1 saturated heterocycles. The van der Waals surface area contributed by atoms with Crippen molar-refractivity contribution < 1.29 is 9.84 Å². The van der Waals surface area contributed by atoms with Gasteiger partial charge in [-0.05, 0) is 30.5 Å². The van der Waals surface area contributed by atoms with E-state index in [-0.39, 0.29) is 5.92 Å². The van der Waals surface area contributed by atoms with E-state index in [1.807, 2.05) is 42.5 Å². The highest BCUT2D eigenvalue weighted by Crippen LogP contribution is 2.28. The van der Waals surface area contributed by atoms with Gasteiger partial charge in [-0.1, -0.05) is 30.3 Å². The molecular formula is C19H20N4O2. The van der Waals surface area contributed by atoms with Crippen LogP contribution in [0.2, 0.25) is 0 Å². The van der Waals surface area contributed by atoms with Gasteiger partial charge < -0.3 is 9.84 Å². The second kappa shape index (κ2) is 7.13. The second-order valence-corrected chi connectivity index (χ2v) is 6.15. The first kappa shape index (κ1) is 15.9. The standard InChI is InChI=1S/C19H20N4O2/c24-17(14-5-2-1-3-6-14)19-21-18(15-8-11-25-12-9-15)22-23(19)16-7-4-10-20-13-16/h1-7,10,13,15,17,24H,8-9,11-12H2/t17-/m0/s1. The fourth-order valence-electron chi connectivity index (χ4n) is 3.10. The number of nitrogens with zero attached hydrogens (tertiary/aromatic N) is 4. The molecule has 6 heteroatoms. The maximum Gasteiger partial charge on any atom is 0.165 e. The van der Waals surface area contributed by atoms with E-state index in [0.29, 0.717) is 5.82 Å². The minimum absolute atomic E-state index is 0.258. The van der Waals surface area contributed by atoms with Crippen LogP contribution >= 0.6 is 0 Å². The van der Waals surface area contributed by atoms with Crippen molar-refractivity contribution in [2.45, 2.75) is 24.9 Å². The van der Waals surface area contributed by atoms with Crippen molar-refractivity contribution in [1.29, 1.82) is 0 Å². The quantitative estimate of drug-likeness (QED) is 0.793. The van der Waals surface area contributed by atoms with Gasteiger partial charge in [0.25, 0.3) is 0 Å². The van der Waals surface area contributed by atoms with Crippen molar-refractivity contribution >= 4 is 0 Å². The molecule has 0 radical (unpaired) electrons. The molecule has 1 fully saturated rings. The van der Waals surface area contributed by atoms with Crippen LogP contribution in [0.15, 0.2) is 54.9 Å². The number of rotatable bonds is 4. The van der Waals surface area contributed by atoms with E-state index in [4.69, 9.17) is 14.8 Å². The molecule has 1 atom stereocenters. The van der Waals surface area contributed by atoms with Gasteiger partial charge in [-0.3, -0.25) is 4.98 Å². The van der Waals surface area contributed by atoms with Gasteiger partial charge >= 0.3 is 0 Å². The molecule has 2 aromatic heterocycles. The van der Waals surface area contributed by atoms with Gasteiger partial charge in [-0.15, -0.1) is 0 Å². The van der Waals surface area contributed by atoms with E-state index in [9.17, 15) is 5.11 Å². The minimum atomic E-state index is -0.845. The highest BCUT2D eigenvalue weighted by atomic mass is 16.5. The van der Waals surface area contributed by atoms with Crippen LogP contribution in [0.3, 0.4) is 0 Å². The summed E-state index contributed by atoms with van der Waals surface area (Å²) in [5, 5.41) is 15.6. The molecule has 1 N–H and O–H groups in total. The largest absolute Gasteiger partial charge is 0.381 e. The Labute approximate surface area is 146 Å². The van der Waals surface area contributed by atoms with Crippen molar-refractivity contribution in [3.8, 4) is 5.69 Å². The van der Waals surface area contributed by atoms with E-state index >= 15 is 0 Å². The van der Waals surface area contributed by atoms with E-state index in [0.717, 1.165) is 43.1 Å². The SMILES string of the molecule is O[C@@H](c1ccccc1)c1nc(C2CCOCC2)nn1-c1cccnc1. The monoisotopic (exact) mass is 336 g/mol. The van der Waals surface area contributed by atoms with Crippen molar-refractivity contribution in [3.63, 3.8) is 0 Å². The lowest BCUT2D eigenvalue weighted by Crippen LogP contribution is -2.15. The number of pyridine rings is 1. The van der Waals surface area contributed by atoms with E-state index in [1.54, 1.807) is 17.1 Å². The summed E-state index contributed by atoms with van der Waals surface area (Å²) in [6.07, 6.45) is 4.40. The number of benzene rings is 1. The average Bonchev–Trinajstić information content (AvgIpc) is 3.15. The Kier molecular flexibility index (Phi) is 4.54. The van der Waals surface area contributed by atoms with Gasteiger partial charge in [0.1, 0.15) is 6.10 Å². The maximum absolute atomic E-state index is 10.9. The summed E-state index contributed by atoms with van der Waals surface area (Å²) in [5.74, 6) is 1.53. The number of hydrogen-bond acceptors (Lipinski definition) is 5. The molecule has 0 amide bonds. The van der Waals surface area contributed by atoms with Crippen LogP contribution in [0.4, 0.5) is 0 Å². The fraction of sp³-hybridized carbons (Fsp3) is 0.316. The highest BCUT2D eigenvalue weighted by Gasteiger charge is 2.26. The summed E-state index contributed by atoms with van der Waals surface area (Å²) in [7, 11) is 0. The third kappa shape index (κ3) is 3.31. The molecule has 0 spiro atoms. The van der Waals surface area contributed by atoms with E-state index in [2.05, 4.69) is 4.98 Å².